The monoisotopic (exact) mass is 573 g/mol. The van der Waals surface area contributed by atoms with E-state index in [1.807, 2.05) is 4.98 Å². The summed E-state index contributed by atoms with van der Waals surface area (Å²) < 4.78 is 12.6. The number of nitrogens with zero attached hydrogens (tertiary/aromatic N) is 3. The van der Waals surface area contributed by atoms with Crippen LogP contribution < -0.4 is 17.0 Å². The Morgan fingerprint density at radius 1 is 1.05 bits per heavy atom. The number of carboxylic acid groups (broad SMARTS) is 1. The Morgan fingerprint density at radius 3 is 2.27 bits per heavy atom. The molecule has 17 nitrogen and oxygen atoms in total. The summed E-state index contributed by atoms with van der Waals surface area (Å²) in [6, 6.07) is -1.81. The molecule has 3 aliphatic rings. The molecular weight excluding hydrogens is 538 g/mol. The van der Waals surface area contributed by atoms with E-state index in [0.717, 1.165) is 21.7 Å². The Bertz CT molecular complexity index is 1210. The van der Waals surface area contributed by atoms with Gasteiger partial charge in [-0.15, -0.1) is 0 Å². The molecule has 0 bridgehead atoms. The third kappa shape index (κ3) is 5.31. The molecule has 0 aliphatic carbocycles. The van der Waals surface area contributed by atoms with E-state index in [4.69, 9.17) is 15.2 Å². The van der Waals surface area contributed by atoms with E-state index < -0.39 is 96.2 Å². The van der Waals surface area contributed by atoms with Gasteiger partial charge in [-0.05, 0) is 13.5 Å². The predicted octanol–water partition coefficient (Wildman–Crippen LogP) is -5.80. The molecular formula is C23H35N5O12. The lowest BCUT2D eigenvalue weighted by molar-refractivity contribution is -0.154. The zero-order chi connectivity index (χ0) is 29.6. The van der Waals surface area contributed by atoms with E-state index in [-0.39, 0.29) is 19.5 Å². The average molecular weight is 574 g/mol. The molecule has 40 heavy (non-hydrogen) atoms. The van der Waals surface area contributed by atoms with Crippen molar-refractivity contribution in [2.24, 2.45) is 11.7 Å². The van der Waals surface area contributed by atoms with Gasteiger partial charge in [0, 0.05) is 38.3 Å². The van der Waals surface area contributed by atoms with Gasteiger partial charge < -0.3 is 50.7 Å². The fourth-order valence-electron chi connectivity index (χ4n) is 5.96. The third-order valence-electron chi connectivity index (χ3n) is 8.01. The van der Waals surface area contributed by atoms with Crippen LogP contribution in [0, 0.1) is 5.92 Å². The first-order valence-corrected chi connectivity index (χ1v) is 12.7. The van der Waals surface area contributed by atoms with Crippen molar-refractivity contribution in [1.29, 1.82) is 0 Å². The van der Waals surface area contributed by atoms with Gasteiger partial charge in [0.05, 0.1) is 30.5 Å². The number of ether oxygens (including phenoxy) is 2. The van der Waals surface area contributed by atoms with Crippen molar-refractivity contribution < 1.29 is 49.7 Å². The number of aliphatic hydroxyl groups is 5. The summed E-state index contributed by atoms with van der Waals surface area (Å²) in [6.07, 6.45) is -11.9. The highest BCUT2D eigenvalue weighted by Gasteiger charge is 2.55. The van der Waals surface area contributed by atoms with Crippen molar-refractivity contribution in [2.75, 3.05) is 27.2 Å². The zero-order valence-corrected chi connectivity index (χ0v) is 21.8. The zero-order valence-electron chi connectivity index (χ0n) is 21.8. The Labute approximate surface area is 226 Å². The molecule has 0 saturated carbocycles. The number of β-amino-alcohol motifs (C(OH)–C–C–N with tert-alkyl or cyclic N) is 1. The van der Waals surface area contributed by atoms with Crippen molar-refractivity contribution in [2.45, 2.75) is 73.6 Å². The first kappa shape index (κ1) is 30.2. The molecule has 4 rings (SSSR count). The maximum absolute atomic E-state index is 13.7. The molecule has 0 spiro atoms. The van der Waals surface area contributed by atoms with Crippen molar-refractivity contribution >= 4 is 11.9 Å². The highest BCUT2D eigenvalue weighted by molar-refractivity contribution is 5.88. The smallest absolute Gasteiger partial charge is 0.330 e. The molecule has 0 aromatic carbocycles. The van der Waals surface area contributed by atoms with Crippen LogP contribution in [0.15, 0.2) is 21.9 Å². The van der Waals surface area contributed by atoms with E-state index >= 15 is 0 Å². The summed E-state index contributed by atoms with van der Waals surface area (Å²) in [7, 11) is 2.67. The minimum Gasteiger partial charge on any atom is -0.480 e. The lowest BCUT2D eigenvalue weighted by atomic mass is 9.82. The molecule has 4 heterocycles. The summed E-state index contributed by atoms with van der Waals surface area (Å²) in [4.78, 5) is 53.6. The van der Waals surface area contributed by atoms with Crippen molar-refractivity contribution in [3.05, 3.63) is 33.1 Å². The number of likely N-dealkylation sites (N-methyl/N-ethyl adjacent to an activating group) is 2. The van der Waals surface area contributed by atoms with Crippen molar-refractivity contribution in [3.63, 3.8) is 0 Å². The summed E-state index contributed by atoms with van der Waals surface area (Å²) >= 11 is 0. The number of aromatic amines is 1. The van der Waals surface area contributed by atoms with Crippen LogP contribution in [0.1, 0.15) is 12.6 Å². The van der Waals surface area contributed by atoms with Gasteiger partial charge in [0.2, 0.25) is 5.91 Å². The molecule has 17 heteroatoms. The van der Waals surface area contributed by atoms with Gasteiger partial charge in [0.25, 0.3) is 5.56 Å². The van der Waals surface area contributed by atoms with Gasteiger partial charge >= 0.3 is 11.7 Å². The third-order valence-corrected chi connectivity index (χ3v) is 8.01. The van der Waals surface area contributed by atoms with Gasteiger partial charge in [-0.1, -0.05) is 0 Å². The van der Waals surface area contributed by atoms with Crippen molar-refractivity contribution in [1.82, 2.24) is 19.4 Å². The fourth-order valence-corrected chi connectivity index (χ4v) is 5.96. The van der Waals surface area contributed by atoms with Crippen LogP contribution in [-0.2, 0) is 19.1 Å². The number of carboxylic acids is 1. The van der Waals surface area contributed by atoms with Gasteiger partial charge in [-0.25, -0.2) is 9.59 Å². The topological polar surface area (TPSA) is 261 Å². The minimum absolute atomic E-state index is 0.173. The summed E-state index contributed by atoms with van der Waals surface area (Å²) in [5.74, 6) is -3.30. The number of hydrogen-bond acceptors (Lipinski definition) is 13. The number of H-pyrrole nitrogens is 1. The Hall–Kier alpha value is -2.74. The van der Waals surface area contributed by atoms with Crippen LogP contribution in [0.2, 0.25) is 0 Å². The summed E-state index contributed by atoms with van der Waals surface area (Å²) in [6.45, 7) is -0.444. The molecule has 0 unspecified atom stereocenters. The minimum atomic E-state index is -1.64. The first-order chi connectivity index (χ1) is 18.8. The first-order valence-electron chi connectivity index (χ1n) is 12.7. The Kier molecular flexibility index (Phi) is 8.79. The number of carbonyl (C=O) groups is 2. The maximum atomic E-state index is 13.7. The van der Waals surface area contributed by atoms with Gasteiger partial charge in [0.15, 0.2) is 12.3 Å². The number of amides is 1. The molecule has 3 fully saturated rings. The van der Waals surface area contributed by atoms with E-state index in [0.29, 0.717) is 0 Å². The number of aromatic nitrogens is 2. The molecule has 1 amide bonds. The number of aliphatic hydroxyl groups excluding tert-OH is 5. The van der Waals surface area contributed by atoms with Crippen molar-refractivity contribution in [3.8, 4) is 0 Å². The lowest BCUT2D eigenvalue weighted by Crippen LogP contribution is -2.55. The highest BCUT2D eigenvalue weighted by atomic mass is 16.6. The normalized spacial score (nSPS) is 39.9. The standard InChI is InChI=1S/C23H35N5O12/c1-26-7-9(29)14(22(36)37)27(2)20(35)13(26)8(19-17(33)16(32)11(6-24)39-19)5-10-15(31)18(34)21(40-10)28-4-3-12(30)25-23(28)38/h3-4,8-11,13-19,21,29,31-34H,5-7,24H2,1-2H3,(H,36,37)(H,25,30,38)/t8-,9-,10+,11+,13-,14-,15+,16+,17+,18+,19-,21+/m0/s1. The highest BCUT2D eigenvalue weighted by Crippen LogP contribution is 2.39. The molecule has 3 saturated heterocycles. The fraction of sp³-hybridized carbons (Fsp3) is 0.739. The van der Waals surface area contributed by atoms with Crippen LogP contribution in [-0.4, -0.2) is 150 Å². The second-order valence-corrected chi connectivity index (χ2v) is 10.5. The summed E-state index contributed by atoms with van der Waals surface area (Å²) in [5, 5.41) is 63.2. The average Bonchev–Trinajstić information content (AvgIpc) is 3.29. The van der Waals surface area contributed by atoms with Crippen LogP contribution >= 0.6 is 0 Å². The Balaban J connectivity index is 1.71. The van der Waals surface area contributed by atoms with Crippen LogP contribution in [0.5, 0.6) is 0 Å². The van der Waals surface area contributed by atoms with Crippen LogP contribution in [0.4, 0.5) is 0 Å². The molecule has 12 atom stereocenters. The second kappa shape index (κ2) is 11.6. The van der Waals surface area contributed by atoms with Gasteiger partial charge in [-0.3, -0.25) is 24.0 Å². The van der Waals surface area contributed by atoms with Crippen LogP contribution in [0.25, 0.3) is 0 Å². The van der Waals surface area contributed by atoms with Gasteiger partial charge in [0.1, 0.15) is 24.4 Å². The van der Waals surface area contributed by atoms with E-state index in [9.17, 15) is 49.8 Å². The van der Waals surface area contributed by atoms with Gasteiger partial charge in [-0.2, -0.15) is 0 Å². The van der Waals surface area contributed by atoms with E-state index in [1.54, 1.807) is 0 Å². The predicted molar refractivity (Wildman–Crippen MR) is 132 cm³/mol. The molecule has 3 aliphatic heterocycles. The Morgan fingerprint density at radius 2 is 1.70 bits per heavy atom. The van der Waals surface area contributed by atoms with Crippen LogP contribution in [0.3, 0.4) is 0 Å². The number of aliphatic carboxylic acids is 1. The molecule has 1 aromatic rings. The quantitative estimate of drug-likeness (QED) is 0.151. The number of nitrogens with two attached hydrogens (primary N) is 1. The number of carbonyl (C=O) groups excluding carboxylic acids is 1. The molecule has 1 aromatic heterocycles. The molecule has 224 valence electrons. The number of rotatable bonds is 7. The lowest BCUT2D eigenvalue weighted by Gasteiger charge is -2.38. The largest absolute Gasteiger partial charge is 0.480 e. The molecule has 9 N–H and O–H groups in total. The maximum Gasteiger partial charge on any atom is 0.330 e. The van der Waals surface area contributed by atoms with E-state index in [2.05, 4.69) is 0 Å². The number of hydrogen-bond donors (Lipinski definition) is 8. The van der Waals surface area contributed by atoms with E-state index in [1.165, 1.54) is 19.0 Å². The second-order valence-electron chi connectivity index (χ2n) is 10.5. The molecule has 0 radical (unpaired) electrons. The SMILES string of the molecule is CN1C[C@H](O)[C@@H](C(=O)O)N(C)C(=O)[C@@H]1[C@H](C[C@H]1O[C@@H](n2ccc(=O)[nH]c2=O)[C@H](O)[C@@H]1O)[C@@H]1O[C@H](CN)[C@@H](O)[C@H]1O. The number of nitrogens with one attached hydrogen (secondary N) is 1. The summed E-state index contributed by atoms with van der Waals surface area (Å²) in [5.41, 5.74) is 4.08.